The fourth-order valence-corrected chi connectivity index (χ4v) is 2.65. The summed E-state index contributed by atoms with van der Waals surface area (Å²) in [5, 5.41) is 11.2. The van der Waals surface area contributed by atoms with Crippen LogP contribution >= 0.6 is 11.3 Å². The van der Waals surface area contributed by atoms with Gasteiger partial charge in [0.15, 0.2) is 0 Å². The third-order valence-corrected chi connectivity index (χ3v) is 4.01. The molecule has 0 fully saturated rings. The van der Waals surface area contributed by atoms with Crippen LogP contribution in [-0.2, 0) is 10.2 Å². The van der Waals surface area contributed by atoms with Crippen molar-refractivity contribution in [1.29, 1.82) is 0 Å². The quantitative estimate of drug-likeness (QED) is 0.832. The van der Waals surface area contributed by atoms with E-state index in [0.29, 0.717) is 5.57 Å². The van der Waals surface area contributed by atoms with E-state index in [4.69, 9.17) is 0 Å². The molecule has 0 bridgehead atoms. The lowest BCUT2D eigenvalue weighted by atomic mass is 9.86. The van der Waals surface area contributed by atoms with Gasteiger partial charge in [0, 0.05) is 4.88 Å². The highest BCUT2D eigenvalue weighted by molar-refractivity contribution is 7.11. The first-order valence-electron chi connectivity index (χ1n) is 6.47. The Morgan fingerprint density at radius 2 is 1.80 bits per heavy atom. The summed E-state index contributed by atoms with van der Waals surface area (Å²) in [6, 6.07) is 11.7. The van der Waals surface area contributed by atoms with Crippen molar-refractivity contribution < 1.29 is 9.90 Å². The highest BCUT2D eigenvalue weighted by Gasteiger charge is 2.14. The number of carboxylic acid groups (broad SMARTS) is 1. The molecule has 1 heterocycles. The molecule has 0 aliphatic heterocycles. The highest BCUT2D eigenvalue weighted by atomic mass is 32.1. The number of hydrogen-bond acceptors (Lipinski definition) is 2. The van der Waals surface area contributed by atoms with Gasteiger partial charge in [0.05, 0.1) is 5.57 Å². The first-order valence-corrected chi connectivity index (χ1v) is 7.35. The average Bonchev–Trinajstić information content (AvgIpc) is 2.88. The summed E-state index contributed by atoms with van der Waals surface area (Å²) in [5.74, 6) is -0.896. The van der Waals surface area contributed by atoms with Crippen molar-refractivity contribution in [3.05, 3.63) is 57.8 Å². The van der Waals surface area contributed by atoms with E-state index in [2.05, 4.69) is 32.9 Å². The van der Waals surface area contributed by atoms with E-state index in [1.54, 1.807) is 6.08 Å². The molecule has 2 rings (SSSR count). The van der Waals surface area contributed by atoms with Gasteiger partial charge in [0.25, 0.3) is 0 Å². The van der Waals surface area contributed by atoms with Crippen LogP contribution in [0.5, 0.6) is 0 Å². The summed E-state index contributed by atoms with van der Waals surface area (Å²) in [4.78, 5) is 12.1. The van der Waals surface area contributed by atoms with Crippen molar-refractivity contribution in [2.75, 3.05) is 0 Å². The standard InChI is InChI=1S/C17H18O2S/c1-17(2,3)13-8-6-12(7-9-13)11-14(16(18)19)15-5-4-10-20-15/h4-11H,1-3H3,(H,18,19)/b14-11+. The van der Waals surface area contributed by atoms with Gasteiger partial charge in [-0.25, -0.2) is 4.79 Å². The molecular formula is C17H18O2S. The second kappa shape index (κ2) is 5.63. The average molecular weight is 286 g/mol. The highest BCUT2D eigenvalue weighted by Crippen LogP contribution is 2.25. The van der Waals surface area contributed by atoms with E-state index in [9.17, 15) is 9.90 Å². The van der Waals surface area contributed by atoms with Crippen molar-refractivity contribution in [2.45, 2.75) is 26.2 Å². The van der Waals surface area contributed by atoms with Crippen molar-refractivity contribution in [1.82, 2.24) is 0 Å². The largest absolute Gasteiger partial charge is 0.478 e. The molecule has 0 aliphatic rings. The van der Waals surface area contributed by atoms with Crippen LogP contribution in [0, 0.1) is 0 Å². The van der Waals surface area contributed by atoms with Gasteiger partial charge < -0.3 is 5.11 Å². The van der Waals surface area contributed by atoms with E-state index in [-0.39, 0.29) is 5.41 Å². The van der Waals surface area contributed by atoms with Gasteiger partial charge in [-0.2, -0.15) is 0 Å². The molecule has 1 aromatic heterocycles. The molecule has 0 radical (unpaired) electrons. The smallest absolute Gasteiger partial charge is 0.337 e. The minimum absolute atomic E-state index is 0.103. The van der Waals surface area contributed by atoms with Crippen molar-refractivity contribution in [3.8, 4) is 0 Å². The van der Waals surface area contributed by atoms with Crippen molar-refractivity contribution in [2.24, 2.45) is 0 Å². The molecule has 2 aromatic rings. The Morgan fingerprint density at radius 3 is 2.25 bits per heavy atom. The van der Waals surface area contributed by atoms with Crippen LogP contribution < -0.4 is 0 Å². The van der Waals surface area contributed by atoms with Crippen molar-refractivity contribution in [3.63, 3.8) is 0 Å². The van der Waals surface area contributed by atoms with E-state index in [1.165, 1.54) is 16.9 Å². The van der Waals surface area contributed by atoms with Gasteiger partial charge in [-0.1, -0.05) is 51.1 Å². The number of benzene rings is 1. The van der Waals surface area contributed by atoms with Crippen LogP contribution in [0.1, 0.15) is 36.8 Å². The molecule has 0 amide bonds. The molecule has 1 N–H and O–H groups in total. The maximum absolute atomic E-state index is 11.4. The second-order valence-electron chi connectivity index (χ2n) is 5.71. The monoisotopic (exact) mass is 286 g/mol. The summed E-state index contributed by atoms with van der Waals surface area (Å²) >= 11 is 1.44. The summed E-state index contributed by atoms with van der Waals surface area (Å²) in [6.07, 6.45) is 1.72. The molecule has 0 saturated carbocycles. The van der Waals surface area contributed by atoms with E-state index in [1.807, 2.05) is 29.6 Å². The van der Waals surface area contributed by atoms with E-state index < -0.39 is 5.97 Å². The molecule has 20 heavy (non-hydrogen) atoms. The summed E-state index contributed by atoms with van der Waals surface area (Å²) in [5.41, 5.74) is 2.58. The fourth-order valence-electron chi connectivity index (χ4n) is 1.92. The zero-order valence-electron chi connectivity index (χ0n) is 11.9. The van der Waals surface area contributed by atoms with Crippen LogP contribution in [0.25, 0.3) is 11.6 Å². The minimum atomic E-state index is -0.896. The van der Waals surface area contributed by atoms with Gasteiger partial charge in [0.1, 0.15) is 0 Å². The number of carbonyl (C=O) groups is 1. The lowest BCUT2D eigenvalue weighted by Gasteiger charge is -2.18. The first kappa shape index (κ1) is 14.5. The Kier molecular flexibility index (Phi) is 4.09. The lowest BCUT2D eigenvalue weighted by Crippen LogP contribution is -2.10. The molecule has 1 aromatic carbocycles. The molecule has 0 unspecified atom stereocenters. The lowest BCUT2D eigenvalue weighted by molar-refractivity contribution is -0.130. The van der Waals surface area contributed by atoms with Crippen LogP contribution in [0.3, 0.4) is 0 Å². The summed E-state index contributed by atoms with van der Waals surface area (Å²) < 4.78 is 0. The maximum atomic E-state index is 11.4. The van der Waals surface area contributed by atoms with Crippen LogP contribution in [-0.4, -0.2) is 11.1 Å². The third kappa shape index (κ3) is 3.36. The SMILES string of the molecule is CC(C)(C)c1ccc(/C=C(/C(=O)O)c2cccs2)cc1. The zero-order valence-corrected chi connectivity index (χ0v) is 12.7. The van der Waals surface area contributed by atoms with Gasteiger partial charge in [-0.15, -0.1) is 11.3 Å². The molecular weight excluding hydrogens is 268 g/mol. The Balaban J connectivity index is 2.35. The molecule has 2 nitrogen and oxygen atoms in total. The Morgan fingerprint density at radius 1 is 1.15 bits per heavy atom. The predicted octanol–water partition coefficient (Wildman–Crippen LogP) is 4.67. The Hall–Kier alpha value is -1.87. The maximum Gasteiger partial charge on any atom is 0.337 e. The first-order chi connectivity index (χ1) is 9.38. The van der Waals surface area contributed by atoms with Crippen LogP contribution in [0.4, 0.5) is 0 Å². The van der Waals surface area contributed by atoms with E-state index >= 15 is 0 Å². The van der Waals surface area contributed by atoms with Crippen LogP contribution in [0.15, 0.2) is 41.8 Å². The molecule has 0 saturated heterocycles. The predicted molar refractivity (Wildman–Crippen MR) is 85.0 cm³/mol. The number of rotatable bonds is 3. The topological polar surface area (TPSA) is 37.3 Å². The van der Waals surface area contributed by atoms with E-state index in [0.717, 1.165) is 10.4 Å². The Bertz CT molecular complexity index is 614. The molecule has 0 aliphatic carbocycles. The molecule has 0 atom stereocenters. The molecule has 3 heteroatoms. The zero-order chi connectivity index (χ0) is 14.8. The van der Waals surface area contributed by atoms with Gasteiger partial charge in [0.2, 0.25) is 0 Å². The van der Waals surface area contributed by atoms with Gasteiger partial charge in [-0.05, 0) is 34.1 Å². The number of aliphatic carboxylic acids is 1. The van der Waals surface area contributed by atoms with Gasteiger partial charge in [-0.3, -0.25) is 0 Å². The summed E-state index contributed by atoms with van der Waals surface area (Å²) in [6.45, 7) is 6.48. The third-order valence-electron chi connectivity index (χ3n) is 3.10. The normalized spacial score (nSPS) is 12.4. The minimum Gasteiger partial charge on any atom is -0.478 e. The molecule has 0 spiro atoms. The Labute approximate surface area is 123 Å². The number of thiophene rings is 1. The van der Waals surface area contributed by atoms with Crippen molar-refractivity contribution >= 4 is 29.0 Å². The number of hydrogen-bond donors (Lipinski definition) is 1. The summed E-state index contributed by atoms with van der Waals surface area (Å²) in [7, 11) is 0. The van der Waals surface area contributed by atoms with Crippen LogP contribution in [0.2, 0.25) is 0 Å². The second-order valence-corrected chi connectivity index (χ2v) is 6.66. The number of carboxylic acids is 1. The fraction of sp³-hybridized carbons (Fsp3) is 0.235. The molecule has 104 valence electrons. The van der Waals surface area contributed by atoms with Gasteiger partial charge >= 0.3 is 5.97 Å².